The van der Waals surface area contributed by atoms with Gasteiger partial charge in [0.05, 0.1) is 5.69 Å². The quantitative estimate of drug-likeness (QED) is 0.911. The first kappa shape index (κ1) is 12.9. The Kier molecular flexibility index (Phi) is 3.30. The maximum atomic E-state index is 11.6. The Balaban J connectivity index is 2.15. The lowest BCUT2D eigenvalue weighted by atomic mass is 10.1. The number of imidazole rings is 1. The highest BCUT2D eigenvalue weighted by Crippen LogP contribution is 2.27. The molecule has 3 rings (SSSR count). The van der Waals surface area contributed by atoms with E-state index < -0.39 is 5.91 Å². The van der Waals surface area contributed by atoms with Gasteiger partial charge in [-0.3, -0.25) is 4.79 Å². The van der Waals surface area contributed by atoms with E-state index in [0.29, 0.717) is 5.69 Å². The Morgan fingerprint density at radius 2 is 1.95 bits per heavy atom. The zero-order valence-electron chi connectivity index (χ0n) is 11.7. The summed E-state index contributed by atoms with van der Waals surface area (Å²) in [5.74, 6) is 0.449. The fourth-order valence-corrected chi connectivity index (χ4v) is 2.84. The predicted molar refractivity (Wildman–Crippen MR) is 78.5 cm³/mol. The van der Waals surface area contributed by atoms with E-state index in [1.165, 1.54) is 12.0 Å². The Morgan fingerprint density at radius 3 is 2.65 bits per heavy atom. The minimum Gasteiger partial charge on any atom is -0.364 e. The lowest BCUT2D eigenvalue weighted by Gasteiger charge is -2.08. The van der Waals surface area contributed by atoms with E-state index in [9.17, 15) is 4.79 Å². The van der Waals surface area contributed by atoms with Crippen LogP contribution in [0.2, 0.25) is 0 Å². The van der Waals surface area contributed by atoms with Crippen LogP contribution in [0.5, 0.6) is 0 Å². The number of aryl methyl sites for hydroxylation is 1. The lowest BCUT2D eigenvalue weighted by Crippen LogP contribution is -2.14. The number of nitrogens with two attached hydrogens (primary N) is 1. The van der Waals surface area contributed by atoms with Crippen molar-refractivity contribution in [2.24, 2.45) is 5.73 Å². The highest BCUT2D eigenvalue weighted by atomic mass is 16.1. The van der Waals surface area contributed by atoms with E-state index >= 15 is 0 Å². The molecule has 2 heterocycles. The Labute approximate surface area is 118 Å². The van der Waals surface area contributed by atoms with Gasteiger partial charge in [-0.2, -0.15) is 0 Å². The van der Waals surface area contributed by atoms with Crippen LogP contribution in [0.4, 0.5) is 0 Å². The molecule has 1 aliphatic rings. The minimum absolute atomic E-state index is 0.422. The molecule has 0 spiro atoms. The smallest absolute Gasteiger partial charge is 0.269 e. The number of amides is 1. The van der Waals surface area contributed by atoms with Gasteiger partial charge in [-0.25, -0.2) is 4.98 Å². The number of carbonyl (C=O) groups excluding carboxylic acids is 1. The SMILES string of the molecule is Cc1ccc(-c2nc(C(N)=O)c3n2CCCCC3)cc1. The molecule has 1 aliphatic heterocycles. The van der Waals surface area contributed by atoms with Gasteiger partial charge in [-0.15, -0.1) is 0 Å². The number of hydrogen-bond acceptors (Lipinski definition) is 2. The number of fused-ring (bicyclic) bond motifs is 1. The second-order valence-corrected chi connectivity index (χ2v) is 5.42. The van der Waals surface area contributed by atoms with Crippen LogP contribution >= 0.6 is 0 Å². The zero-order chi connectivity index (χ0) is 14.1. The third-order valence-corrected chi connectivity index (χ3v) is 3.91. The van der Waals surface area contributed by atoms with Gasteiger partial charge in [0.25, 0.3) is 5.91 Å². The molecule has 0 fully saturated rings. The van der Waals surface area contributed by atoms with Crippen LogP contribution in [0, 0.1) is 6.92 Å². The lowest BCUT2D eigenvalue weighted by molar-refractivity contribution is 0.0995. The average molecular weight is 269 g/mol. The van der Waals surface area contributed by atoms with Crippen molar-refractivity contribution in [1.82, 2.24) is 9.55 Å². The fourth-order valence-electron chi connectivity index (χ4n) is 2.84. The van der Waals surface area contributed by atoms with Gasteiger partial charge in [-0.1, -0.05) is 36.2 Å². The van der Waals surface area contributed by atoms with Crippen molar-refractivity contribution in [2.75, 3.05) is 0 Å². The summed E-state index contributed by atoms with van der Waals surface area (Å²) in [6.07, 6.45) is 4.30. The highest BCUT2D eigenvalue weighted by molar-refractivity contribution is 5.93. The standard InChI is InChI=1S/C16H19N3O/c1-11-6-8-12(9-7-11)16-18-14(15(17)20)13-5-3-2-4-10-19(13)16/h6-9H,2-5,10H2,1H3,(H2,17,20). The monoisotopic (exact) mass is 269 g/mol. The molecule has 0 radical (unpaired) electrons. The van der Waals surface area contributed by atoms with E-state index in [0.717, 1.165) is 42.9 Å². The molecule has 4 nitrogen and oxygen atoms in total. The minimum atomic E-state index is -0.422. The molecular weight excluding hydrogens is 250 g/mol. The number of rotatable bonds is 2. The van der Waals surface area contributed by atoms with E-state index in [4.69, 9.17) is 5.73 Å². The van der Waals surface area contributed by atoms with Crippen molar-refractivity contribution in [3.63, 3.8) is 0 Å². The maximum Gasteiger partial charge on any atom is 0.269 e. The van der Waals surface area contributed by atoms with E-state index in [1.807, 2.05) is 0 Å². The summed E-state index contributed by atoms with van der Waals surface area (Å²) in [5, 5.41) is 0. The normalized spacial score (nSPS) is 14.7. The molecule has 1 aromatic heterocycles. The summed E-state index contributed by atoms with van der Waals surface area (Å²) in [4.78, 5) is 16.2. The molecule has 20 heavy (non-hydrogen) atoms. The number of benzene rings is 1. The molecule has 0 unspecified atom stereocenters. The van der Waals surface area contributed by atoms with Crippen LogP contribution in [0.25, 0.3) is 11.4 Å². The number of nitrogens with zero attached hydrogens (tertiary/aromatic N) is 2. The summed E-state index contributed by atoms with van der Waals surface area (Å²) < 4.78 is 2.18. The van der Waals surface area contributed by atoms with Crippen LogP contribution < -0.4 is 5.73 Å². The first-order chi connectivity index (χ1) is 9.66. The molecule has 104 valence electrons. The van der Waals surface area contributed by atoms with Crippen molar-refractivity contribution < 1.29 is 4.79 Å². The Bertz CT molecular complexity index is 640. The molecule has 1 aromatic carbocycles. The van der Waals surface area contributed by atoms with E-state index in [-0.39, 0.29) is 0 Å². The van der Waals surface area contributed by atoms with Gasteiger partial charge in [0, 0.05) is 12.1 Å². The Hall–Kier alpha value is -2.10. The number of aromatic nitrogens is 2. The molecule has 0 atom stereocenters. The van der Waals surface area contributed by atoms with Crippen molar-refractivity contribution in [3.05, 3.63) is 41.2 Å². The topological polar surface area (TPSA) is 60.9 Å². The average Bonchev–Trinajstić information content (AvgIpc) is 2.63. The van der Waals surface area contributed by atoms with Crippen LogP contribution in [-0.2, 0) is 13.0 Å². The highest BCUT2D eigenvalue weighted by Gasteiger charge is 2.22. The van der Waals surface area contributed by atoms with Crippen LogP contribution in [0.1, 0.15) is 41.0 Å². The van der Waals surface area contributed by atoms with Crippen molar-refractivity contribution >= 4 is 5.91 Å². The van der Waals surface area contributed by atoms with Crippen molar-refractivity contribution in [1.29, 1.82) is 0 Å². The summed E-state index contributed by atoms with van der Waals surface area (Å²) in [7, 11) is 0. The van der Waals surface area contributed by atoms with Gasteiger partial charge in [-0.05, 0) is 26.2 Å². The van der Waals surface area contributed by atoms with Gasteiger partial charge >= 0.3 is 0 Å². The van der Waals surface area contributed by atoms with Gasteiger partial charge < -0.3 is 10.3 Å². The predicted octanol–water partition coefficient (Wildman–Crippen LogP) is 2.68. The van der Waals surface area contributed by atoms with E-state index in [1.54, 1.807) is 0 Å². The molecule has 1 amide bonds. The third kappa shape index (κ3) is 2.22. The maximum absolute atomic E-state index is 11.6. The van der Waals surface area contributed by atoms with Crippen molar-refractivity contribution in [2.45, 2.75) is 39.2 Å². The second-order valence-electron chi connectivity index (χ2n) is 5.42. The molecule has 0 bridgehead atoms. The van der Waals surface area contributed by atoms with Gasteiger partial charge in [0.15, 0.2) is 0 Å². The molecular formula is C16H19N3O. The first-order valence-corrected chi connectivity index (χ1v) is 7.13. The summed E-state index contributed by atoms with van der Waals surface area (Å²) >= 11 is 0. The summed E-state index contributed by atoms with van der Waals surface area (Å²) in [6.45, 7) is 2.98. The zero-order valence-corrected chi connectivity index (χ0v) is 11.7. The van der Waals surface area contributed by atoms with Crippen LogP contribution in [-0.4, -0.2) is 15.5 Å². The number of primary amides is 1. The van der Waals surface area contributed by atoms with Gasteiger partial charge in [0.2, 0.25) is 0 Å². The van der Waals surface area contributed by atoms with Crippen LogP contribution in [0.15, 0.2) is 24.3 Å². The Morgan fingerprint density at radius 1 is 1.20 bits per heavy atom. The fraction of sp³-hybridized carbons (Fsp3) is 0.375. The second kappa shape index (κ2) is 5.12. The van der Waals surface area contributed by atoms with Gasteiger partial charge in [0.1, 0.15) is 11.5 Å². The summed E-state index contributed by atoms with van der Waals surface area (Å²) in [6, 6.07) is 8.25. The summed E-state index contributed by atoms with van der Waals surface area (Å²) in [5.41, 5.74) is 9.20. The molecule has 0 saturated heterocycles. The first-order valence-electron chi connectivity index (χ1n) is 7.13. The van der Waals surface area contributed by atoms with Crippen LogP contribution in [0.3, 0.4) is 0 Å². The number of hydrogen-bond donors (Lipinski definition) is 1. The largest absolute Gasteiger partial charge is 0.364 e. The molecule has 0 saturated carbocycles. The molecule has 4 heteroatoms. The number of carbonyl (C=O) groups is 1. The molecule has 2 aromatic rings. The molecule has 2 N–H and O–H groups in total. The third-order valence-electron chi connectivity index (χ3n) is 3.91. The van der Waals surface area contributed by atoms with E-state index in [2.05, 4.69) is 40.7 Å². The molecule has 0 aliphatic carbocycles. The van der Waals surface area contributed by atoms with Crippen molar-refractivity contribution in [3.8, 4) is 11.4 Å².